The summed E-state index contributed by atoms with van der Waals surface area (Å²) in [6.07, 6.45) is -4.50. The van der Waals surface area contributed by atoms with Crippen molar-refractivity contribution in [2.75, 3.05) is 0 Å². The molecule has 0 aliphatic heterocycles. The molecule has 1 aromatic rings. The third kappa shape index (κ3) is 5.36. The molecule has 0 aliphatic carbocycles. The van der Waals surface area contributed by atoms with Crippen LogP contribution in [-0.2, 0) is 11.3 Å². The van der Waals surface area contributed by atoms with Gasteiger partial charge in [0.2, 0.25) is 5.91 Å². The summed E-state index contributed by atoms with van der Waals surface area (Å²) in [5, 5.41) is 17.3. The van der Waals surface area contributed by atoms with Gasteiger partial charge in [-0.1, -0.05) is 5.21 Å². The Morgan fingerprint density at radius 3 is 2.63 bits per heavy atom. The first-order chi connectivity index (χ1) is 8.67. The van der Waals surface area contributed by atoms with E-state index in [1.807, 2.05) is 0 Å². The van der Waals surface area contributed by atoms with Crippen molar-refractivity contribution in [3.05, 3.63) is 11.9 Å². The Morgan fingerprint density at radius 1 is 1.53 bits per heavy atom. The van der Waals surface area contributed by atoms with Crippen molar-refractivity contribution in [3.63, 3.8) is 0 Å². The molecule has 19 heavy (non-hydrogen) atoms. The number of aromatic nitrogens is 3. The summed E-state index contributed by atoms with van der Waals surface area (Å²) < 4.78 is 37.0. The van der Waals surface area contributed by atoms with E-state index >= 15 is 0 Å². The SMILES string of the molecule is CC(CC(F)(F)F)NC(=O)Cn1cc(C(=O)O)nn1. The number of hydrogen-bond donors (Lipinski definition) is 2. The van der Waals surface area contributed by atoms with Gasteiger partial charge in [0.25, 0.3) is 0 Å². The molecule has 0 spiro atoms. The Kier molecular flexibility index (Phi) is 4.46. The van der Waals surface area contributed by atoms with E-state index in [4.69, 9.17) is 5.11 Å². The van der Waals surface area contributed by atoms with E-state index in [1.54, 1.807) is 0 Å². The van der Waals surface area contributed by atoms with Crippen molar-refractivity contribution in [2.45, 2.75) is 32.1 Å². The summed E-state index contributed by atoms with van der Waals surface area (Å²) in [7, 11) is 0. The maximum absolute atomic E-state index is 12.0. The highest BCUT2D eigenvalue weighted by Gasteiger charge is 2.30. The standard InChI is InChI=1S/C9H11F3N4O3/c1-5(2-9(10,11)12)13-7(17)4-16-3-6(8(18)19)14-15-16/h3,5H,2,4H2,1H3,(H,13,17)(H,18,19). The number of carbonyl (C=O) groups excluding carboxylic acids is 1. The molecule has 2 N–H and O–H groups in total. The molecule has 0 aliphatic rings. The van der Waals surface area contributed by atoms with E-state index in [2.05, 4.69) is 15.6 Å². The van der Waals surface area contributed by atoms with Crippen LogP contribution >= 0.6 is 0 Å². The summed E-state index contributed by atoms with van der Waals surface area (Å²) in [6.45, 7) is 0.817. The molecule has 1 rings (SSSR count). The maximum atomic E-state index is 12.0. The van der Waals surface area contributed by atoms with Gasteiger partial charge in [-0.25, -0.2) is 9.48 Å². The van der Waals surface area contributed by atoms with Crippen LogP contribution < -0.4 is 5.32 Å². The number of nitrogens with zero attached hydrogens (tertiary/aromatic N) is 3. The molecule has 0 aromatic carbocycles. The third-order valence-electron chi connectivity index (χ3n) is 2.01. The average molecular weight is 280 g/mol. The van der Waals surface area contributed by atoms with E-state index in [1.165, 1.54) is 6.92 Å². The minimum Gasteiger partial charge on any atom is -0.476 e. The van der Waals surface area contributed by atoms with E-state index in [9.17, 15) is 22.8 Å². The molecular weight excluding hydrogens is 269 g/mol. The van der Waals surface area contributed by atoms with Crippen LogP contribution in [0.15, 0.2) is 6.20 Å². The second kappa shape index (κ2) is 5.67. The average Bonchev–Trinajstić information content (AvgIpc) is 2.62. The first-order valence-electron chi connectivity index (χ1n) is 5.17. The van der Waals surface area contributed by atoms with Crippen molar-refractivity contribution in [1.29, 1.82) is 0 Å². The molecule has 1 aromatic heterocycles. The lowest BCUT2D eigenvalue weighted by molar-refractivity contribution is -0.141. The number of carbonyl (C=O) groups is 2. The number of carboxylic acids is 1. The number of nitrogens with one attached hydrogen (secondary N) is 1. The number of halogens is 3. The highest BCUT2D eigenvalue weighted by Crippen LogP contribution is 2.21. The summed E-state index contributed by atoms with van der Waals surface area (Å²) in [5.41, 5.74) is -0.351. The van der Waals surface area contributed by atoms with Crippen LogP contribution in [0.3, 0.4) is 0 Å². The Morgan fingerprint density at radius 2 is 2.16 bits per heavy atom. The maximum Gasteiger partial charge on any atom is 0.391 e. The molecule has 0 fully saturated rings. The lowest BCUT2D eigenvalue weighted by Crippen LogP contribution is -2.37. The zero-order valence-corrected chi connectivity index (χ0v) is 9.81. The second-order valence-corrected chi connectivity index (χ2v) is 3.89. The number of amides is 1. The van der Waals surface area contributed by atoms with Crippen molar-refractivity contribution in [2.24, 2.45) is 0 Å². The van der Waals surface area contributed by atoms with Gasteiger partial charge < -0.3 is 10.4 Å². The molecular formula is C9H11F3N4O3. The van der Waals surface area contributed by atoms with Gasteiger partial charge >= 0.3 is 12.1 Å². The van der Waals surface area contributed by atoms with Gasteiger partial charge in [0.15, 0.2) is 5.69 Å². The van der Waals surface area contributed by atoms with Gasteiger partial charge in [-0.2, -0.15) is 13.2 Å². The van der Waals surface area contributed by atoms with Gasteiger partial charge in [0, 0.05) is 6.04 Å². The predicted octanol–water partition coefficient (Wildman–Crippen LogP) is 0.433. The molecule has 106 valence electrons. The van der Waals surface area contributed by atoms with E-state index in [0.717, 1.165) is 10.9 Å². The van der Waals surface area contributed by atoms with Crippen molar-refractivity contribution in [1.82, 2.24) is 20.3 Å². The molecule has 7 nitrogen and oxygen atoms in total. The van der Waals surface area contributed by atoms with Crippen LogP contribution in [-0.4, -0.2) is 44.2 Å². The molecule has 1 heterocycles. The smallest absolute Gasteiger partial charge is 0.391 e. The molecule has 1 atom stereocenters. The first-order valence-corrected chi connectivity index (χ1v) is 5.17. The normalized spacial score (nSPS) is 13.1. The fraction of sp³-hybridized carbons (Fsp3) is 0.556. The molecule has 0 saturated heterocycles. The molecule has 10 heteroatoms. The predicted molar refractivity (Wildman–Crippen MR) is 55.3 cm³/mol. The number of alkyl halides is 3. The number of aromatic carboxylic acids is 1. The fourth-order valence-corrected chi connectivity index (χ4v) is 1.34. The van der Waals surface area contributed by atoms with Gasteiger partial charge in [0.1, 0.15) is 6.54 Å². The summed E-state index contributed by atoms with van der Waals surface area (Å²) >= 11 is 0. The zero-order valence-electron chi connectivity index (χ0n) is 9.81. The van der Waals surface area contributed by atoms with Gasteiger partial charge in [-0.3, -0.25) is 4.79 Å². The fourth-order valence-electron chi connectivity index (χ4n) is 1.34. The van der Waals surface area contributed by atoms with Crippen LogP contribution in [0, 0.1) is 0 Å². The minimum absolute atomic E-state index is 0.351. The topological polar surface area (TPSA) is 97.1 Å². The summed E-state index contributed by atoms with van der Waals surface area (Å²) in [4.78, 5) is 21.9. The lowest BCUT2D eigenvalue weighted by Gasteiger charge is -2.15. The Bertz CT molecular complexity index is 472. The van der Waals surface area contributed by atoms with Gasteiger partial charge in [-0.15, -0.1) is 5.10 Å². The number of hydrogen-bond acceptors (Lipinski definition) is 4. The number of rotatable bonds is 5. The van der Waals surface area contributed by atoms with E-state index in [0.29, 0.717) is 0 Å². The van der Waals surface area contributed by atoms with E-state index in [-0.39, 0.29) is 5.69 Å². The first kappa shape index (κ1) is 14.9. The van der Waals surface area contributed by atoms with Crippen LogP contribution in [0.1, 0.15) is 23.8 Å². The zero-order chi connectivity index (χ0) is 14.6. The summed E-state index contributed by atoms with van der Waals surface area (Å²) in [6, 6.07) is -1.07. The monoisotopic (exact) mass is 280 g/mol. The Balaban J connectivity index is 2.48. The van der Waals surface area contributed by atoms with Crippen LogP contribution in [0.5, 0.6) is 0 Å². The summed E-state index contributed by atoms with van der Waals surface area (Å²) in [5.74, 6) is -2.02. The highest BCUT2D eigenvalue weighted by atomic mass is 19.4. The van der Waals surface area contributed by atoms with Crippen molar-refractivity contribution in [3.8, 4) is 0 Å². The largest absolute Gasteiger partial charge is 0.476 e. The number of carboxylic acid groups (broad SMARTS) is 1. The molecule has 0 radical (unpaired) electrons. The van der Waals surface area contributed by atoms with Crippen LogP contribution in [0.4, 0.5) is 13.2 Å². The van der Waals surface area contributed by atoms with E-state index < -0.39 is 37.1 Å². The van der Waals surface area contributed by atoms with Crippen molar-refractivity contribution < 1.29 is 27.9 Å². The lowest BCUT2D eigenvalue weighted by atomic mass is 10.2. The molecule has 0 bridgehead atoms. The van der Waals surface area contributed by atoms with Gasteiger partial charge in [-0.05, 0) is 6.92 Å². The quantitative estimate of drug-likeness (QED) is 0.815. The van der Waals surface area contributed by atoms with Crippen LogP contribution in [0.25, 0.3) is 0 Å². The molecule has 0 saturated carbocycles. The molecule has 1 amide bonds. The Labute approximate surface area is 105 Å². The van der Waals surface area contributed by atoms with Crippen LogP contribution in [0.2, 0.25) is 0 Å². The highest BCUT2D eigenvalue weighted by molar-refractivity contribution is 5.84. The third-order valence-corrected chi connectivity index (χ3v) is 2.01. The Hall–Kier alpha value is -2.13. The van der Waals surface area contributed by atoms with Crippen molar-refractivity contribution >= 4 is 11.9 Å². The minimum atomic E-state index is -4.36. The van der Waals surface area contributed by atoms with Gasteiger partial charge in [0.05, 0.1) is 12.6 Å². The molecule has 1 unspecified atom stereocenters. The second-order valence-electron chi connectivity index (χ2n) is 3.89.